The van der Waals surface area contributed by atoms with Crippen LogP contribution < -0.4 is 16.6 Å². The third-order valence-electron chi connectivity index (χ3n) is 6.77. The van der Waals surface area contributed by atoms with Gasteiger partial charge in [-0.1, -0.05) is 56.3 Å². The highest BCUT2D eigenvalue weighted by Crippen LogP contribution is 2.24. The predicted molar refractivity (Wildman–Crippen MR) is 137 cm³/mol. The maximum absolute atomic E-state index is 14.0. The number of carbonyl (C=O) groups is 3. The molecule has 3 atom stereocenters. The van der Waals surface area contributed by atoms with Gasteiger partial charge in [-0.15, -0.1) is 0 Å². The summed E-state index contributed by atoms with van der Waals surface area (Å²) in [6.45, 7) is 3.62. The minimum Gasteiger partial charge on any atom is -0.480 e. The van der Waals surface area contributed by atoms with Crippen molar-refractivity contribution in [2.24, 2.45) is 5.92 Å². The Balaban J connectivity index is 1.73. The van der Waals surface area contributed by atoms with Crippen LogP contribution in [0.2, 0.25) is 0 Å². The molecule has 0 radical (unpaired) electrons. The zero-order chi connectivity index (χ0) is 26.7. The molecule has 37 heavy (non-hydrogen) atoms. The Kier molecular flexibility index (Phi) is 7.56. The largest absolute Gasteiger partial charge is 0.480 e. The fraction of sp³-hybridized carbons (Fsp3) is 0.370. The lowest BCUT2D eigenvalue weighted by Gasteiger charge is -2.30. The lowest BCUT2D eigenvalue weighted by Crippen LogP contribution is -2.54. The number of likely N-dealkylation sites (tertiary alicyclic amines) is 1. The molecule has 10 nitrogen and oxygen atoms in total. The summed E-state index contributed by atoms with van der Waals surface area (Å²) in [6, 6.07) is 12.4. The van der Waals surface area contributed by atoms with Crippen molar-refractivity contribution in [1.29, 1.82) is 0 Å². The van der Waals surface area contributed by atoms with Crippen molar-refractivity contribution in [3.63, 3.8) is 0 Å². The van der Waals surface area contributed by atoms with Gasteiger partial charge in [0.05, 0.1) is 10.9 Å². The number of amides is 2. The van der Waals surface area contributed by atoms with Crippen LogP contribution in [0.15, 0.2) is 64.2 Å². The number of nitrogens with one attached hydrogen (secondary N) is 2. The summed E-state index contributed by atoms with van der Waals surface area (Å²) in [5.74, 6) is -2.62. The van der Waals surface area contributed by atoms with Crippen molar-refractivity contribution in [3.8, 4) is 0 Å². The molecule has 10 heteroatoms. The Bertz CT molecular complexity index is 1430. The first-order chi connectivity index (χ1) is 17.7. The normalized spacial score (nSPS) is 17.1. The fourth-order valence-corrected chi connectivity index (χ4v) is 4.84. The van der Waals surface area contributed by atoms with Crippen molar-refractivity contribution in [2.75, 3.05) is 6.54 Å². The number of hydrogen-bond acceptors (Lipinski definition) is 5. The van der Waals surface area contributed by atoms with Crippen LogP contribution in [0.25, 0.3) is 10.9 Å². The van der Waals surface area contributed by atoms with E-state index < -0.39 is 47.2 Å². The van der Waals surface area contributed by atoms with Gasteiger partial charge in [-0.05, 0) is 36.5 Å². The minimum atomic E-state index is -1.20. The zero-order valence-electron chi connectivity index (χ0n) is 20.7. The summed E-state index contributed by atoms with van der Waals surface area (Å²) in [4.78, 5) is 69.3. The molecule has 2 amide bonds. The fourth-order valence-electron chi connectivity index (χ4n) is 4.84. The van der Waals surface area contributed by atoms with Gasteiger partial charge < -0.3 is 20.3 Å². The van der Waals surface area contributed by atoms with Crippen LogP contribution in [0.3, 0.4) is 0 Å². The maximum atomic E-state index is 14.0. The number of H-pyrrole nitrogens is 1. The highest BCUT2D eigenvalue weighted by molar-refractivity contribution is 5.92. The number of carboxylic acids is 1. The number of fused-ring (bicyclic) bond motifs is 1. The molecule has 3 aromatic rings. The van der Waals surface area contributed by atoms with Gasteiger partial charge in [0.2, 0.25) is 11.8 Å². The number of aromatic nitrogens is 2. The summed E-state index contributed by atoms with van der Waals surface area (Å²) in [5, 5.41) is 12.3. The highest BCUT2D eigenvalue weighted by Gasteiger charge is 2.40. The van der Waals surface area contributed by atoms with E-state index in [1.165, 1.54) is 4.90 Å². The topological polar surface area (TPSA) is 142 Å². The van der Waals surface area contributed by atoms with Crippen LogP contribution in [0, 0.1) is 5.92 Å². The van der Waals surface area contributed by atoms with Gasteiger partial charge in [-0.2, -0.15) is 0 Å². The van der Waals surface area contributed by atoms with Gasteiger partial charge in [0.25, 0.3) is 5.56 Å². The summed E-state index contributed by atoms with van der Waals surface area (Å²) in [7, 11) is 0. The molecule has 2 aromatic carbocycles. The molecule has 4 rings (SSSR count). The molecule has 0 unspecified atom stereocenters. The van der Waals surface area contributed by atoms with Crippen LogP contribution in [0.4, 0.5) is 0 Å². The van der Waals surface area contributed by atoms with E-state index in [1.807, 2.05) is 6.07 Å². The minimum absolute atomic E-state index is 0.0651. The molecular formula is C27H30N4O6. The Morgan fingerprint density at radius 2 is 1.73 bits per heavy atom. The first-order valence-corrected chi connectivity index (χ1v) is 12.3. The summed E-state index contributed by atoms with van der Waals surface area (Å²) >= 11 is 0. The van der Waals surface area contributed by atoms with Crippen molar-refractivity contribution in [1.82, 2.24) is 19.8 Å². The molecule has 1 saturated heterocycles. The van der Waals surface area contributed by atoms with Crippen molar-refractivity contribution in [3.05, 3.63) is 81.0 Å². The number of aliphatic carboxylic acids is 1. The lowest BCUT2D eigenvalue weighted by atomic mass is 10.0. The van der Waals surface area contributed by atoms with Crippen LogP contribution in [0.1, 0.15) is 38.3 Å². The van der Waals surface area contributed by atoms with E-state index in [-0.39, 0.29) is 24.3 Å². The van der Waals surface area contributed by atoms with Gasteiger partial charge in [0, 0.05) is 13.0 Å². The number of carboxylic acid groups (broad SMARTS) is 1. The third kappa shape index (κ3) is 5.32. The Morgan fingerprint density at radius 3 is 2.41 bits per heavy atom. The first-order valence-electron chi connectivity index (χ1n) is 12.3. The van der Waals surface area contributed by atoms with Gasteiger partial charge >= 0.3 is 11.7 Å². The molecule has 0 saturated carbocycles. The second-order valence-electron chi connectivity index (χ2n) is 9.61. The number of benzene rings is 2. The summed E-state index contributed by atoms with van der Waals surface area (Å²) < 4.78 is 0.930. The number of carbonyl (C=O) groups excluding carboxylic acids is 2. The van der Waals surface area contributed by atoms with Crippen LogP contribution >= 0.6 is 0 Å². The Labute approximate surface area is 212 Å². The second-order valence-corrected chi connectivity index (χ2v) is 9.61. The molecular weight excluding hydrogens is 476 g/mol. The molecule has 0 bridgehead atoms. The van der Waals surface area contributed by atoms with E-state index in [0.717, 1.165) is 10.1 Å². The van der Waals surface area contributed by atoms with Crippen molar-refractivity contribution in [2.45, 2.75) is 51.2 Å². The summed E-state index contributed by atoms with van der Waals surface area (Å²) in [6.07, 6.45) is 0.947. The van der Waals surface area contributed by atoms with Crippen LogP contribution in [-0.2, 0) is 20.8 Å². The molecule has 194 valence electrons. The highest BCUT2D eigenvalue weighted by atomic mass is 16.4. The van der Waals surface area contributed by atoms with Crippen molar-refractivity contribution < 1.29 is 19.5 Å². The van der Waals surface area contributed by atoms with Gasteiger partial charge in [-0.3, -0.25) is 14.4 Å². The van der Waals surface area contributed by atoms with E-state index in [9.17, 15) is 29.1 Å². The smallest absolute Gasteiger partial charge is 0.329 e. The number of rotatable bonds is 8. The number of para-hydroxylation sites is 1. The van der Waals surface area contributed by atoms with E-state index in [4.69, 9.17) is 0 Å². The quantitative estimate of drug-likeness (QED) is 0.425. The predicted octanol–water partition coefficient (Wildman–Crippen LogP) is 1.69. The SMILES string of the molecule is CC(C)[C@H](NC(=O)[C@@H]1CCCN1C(=O)[C@H](Cc1ccccc1)n1c(=O)[nH]c2ccccc2c1=O)C(=O)O. The molecule has 1 aliphatic rings. The number of hydrogen-bond donors (Lipinski definition) is 3. The van der Waals surface area contributed by atoms with E-state index in [0.29, 0.717) is 18.4 Å². The average molecular weight is 507 g/mol. The van der Waals surface area contributed by atoms with E-state index >= 15 is 0 Å². The Morgan fingerprint density at radius 1 is 1.05 bits per heavy atom. The zero-order valence-corrected chi connectivity index (χ0v) is 20.7. The first kappa shape index (κ1) is 25.9. The average Bonchev–Trinajstić information content (AvgIpc) is 3.36. The number of nitrogens with zero attached hydrogens (tertiary/aromatic N) is 2. The maximum Gasteiger partial charge on any atom is 0.329 e. The molecule has 1 aromatic heterocycles. The van der Waals surface area contributed by atoms with E-state index in [2.05, 4.69) is 10.3 Å². The van der Waals surface area contributed by atoms with Gasteiger partial charge in [0.1, 0.15) is 18.1 Å². The molecule has 0 aliphatic carbocycles. The summed E-state index contributed by atoms with van der Waals surface area (Å²) in [5.41, 5.74) is -0.207. The molecule has 0 spiro atoms. The van der Waals surface area contributed by atoms with Crippen LogP contribution in [0.5, 0.6) is 0 Å². The van der Waals surface area contributed by atoms with E-state index in [1.54, 1.807) is 62.4 Å². The monoisotopic (exact) mass is 506 g/mol. The molecule has 3 N–H and O–H groups in total. The molecule has 1 aliphatic heterocycles. The molecule has 2 heterocycles. The Hall–Kier alpha value is -4.21. The second kappa shape index (κ2) is 10.8. The third-order valence-corrected chi connectivity index (χ3v) is 6.77. The number of aromatic amines is 1. The van der Waals surface area contributed by atoms with Crippen LogP contribution in [-0.4, -0.2) is 56.0 Å². The van der Waals surface area contributed by atoms with Gasteiger partial charge in [-0.25, -0.2) is 14.2 Å². The molecule has 1 fully saturated rings. The lowest BCUT2D eigenvalue weighted by molar-refractivity contribution is -0.145. The van der Waals surface area contributed by atoms with Gasteiger partial charge in [0.15, 0.2) is 0 Å². The van der Waals surface area contributed by atoms with Crippen molar-refractivity contribution >= 4 is 28.7 Å². The standard InChI is InChI=1S/C27H30N4O6/c1-16(2)22(26(35)36)29-23(32)20-13-8-14-30(20)25(34)21(15-17-9-4-3-5-10-17)31-24(33)18-11-6-7-12-19(18)28-27(31)37/h3-7,9-12,16,20-22H,8,13-15H2,1-2H3,(H,28,37)(H,29,32)(H,35,36)/t20-,21-,22-/m0/s1.